The smallest absolute Gasteiger partial charge is 0.0482 e. The van der Waals surface area contributed by atoms with E-state index in [1.54, 1.807) is 0 Å². The SMILES string of the molecule is CCn1cccc1C(=CCCCl)c1ccccc1. The molecule has 0 radical (unpaired) electrons. The summed E-state index contributed by atoms with van der Waals surface area (Å²) in [6.45, 7) is 3.14. The Balaban J connectivity index is 2.44. The number of aryl methyl sites for hydroxylation is 1. The first kappa shape index (κ1) is 13.0. The van der Waals surface area contributed by atoms with Crippen molar-refractivity contribution in [3.8, 4) is 0 Å². The summed E-state index contributed by atoms with van der Waals surface area (Å²) in [4.78, 5) is 0. The first-order valence-corrected chi connectivity index (χ1v) is 6.87. The number of benzene rings is 1. The molecule has 1 aromatic carbocycles. The summed E-state index contributed by atoms with van der Waals surface area (Å²) in [5, 5.41) is 0. The lowest BCUT2D eigenvalue weighted by Gasteiger charge is -2.11. The zero-order chi connectivity index (χ0) is 12.8. The van der Waals surface area contributed by atoms with Crippen LogP contribution in [0.1, 0.15) is 24.6 Å². The van der Waals surface area contributed by atoms with Gasteiger partial charge < -0.3 is 4.57 Å². The first-order chi connectivity index (χ1) is 8.86. The molecule has 0 aliphatic heterocycles. The van der Waals surface area contributed by atoms with E-state index in [1.165, 1.54) is 16.8 Å². The Morgan fingerprint density at radius 1 is 1.17 bits per heavy atom. The lowest BCUT2D eigenvalue weighted by molar-refractivity contribution is 0.758. The molecule has 1 nitrogen and oxygen atoms in total. The quantitative estimate of drug-likeness (QED) is 0.694. The molecule has 94 valence electrons. The molecule has 1 aromatic heterocycles. The largest absolute Gasteiger partial charge is 0.348 e. The van der Waals surface area contributed by atoms with Crippen molar-refractivity contribution in [2.75, 3.05) is 5.88 Å². The molecule has 0 unspecified atom stereocenters. The summed E-state index contributed by atoms with van der Waals surface area (Å²) in [6.07, 6.45) is 5.23. The number of allylic oxidation sites excluding steroid dienone is 1. The number of hydrogen-bond acceptors (Lipinski definition) is 0. The molecule has 0 bridgehead atoms. The molecule has 0 saturated heterocycles. The van der Waals surface area contributed by atoms with Gasteiger partial charge in [0.05, 0.1) is 0 Å². The number of alkyl halides is 1. The van der Waals surface area contributed by atoms with Crippen molar-refractivity contribution in [3.63, 3.8) is 0 Å². The van der Waals surface area contributed by atoms with Crippen molar-refractivity contribution in [2.45, 2.75) is 19.9 Å². The van der Waals surface area contributed by atoms with Gasteiger partial charge >= 0.3 is 0 Å². The van der Waals surface area contributed by atoms with Crippen molar-refractivity contribution in [3.05, 3.63) is 66.0 Å². The summed E-state index contributed by atoms with van der Waals surface area (Å²) in [7, 11) is 0. The van der Waals surface area contributed by atoms with Gasteiger partial charge in [0.15, 0.2) is 0 Å². The van der Waals surface area contributed by atoms with E-state index in [1.807, 2.05) is 6.07 Å². The normalized spacial score (nSPS) is 11.8. The predicted molar refractivity (Wildman–Crippen MR) is 79.0 cm³/mol. The third kappa shape index (κ3) is 2.85. The number of rotatable bonds is 5. The van der Waals surface area contributed by atoms with Crippen LogP contribution < -0.4 is 0 Å². The molecule has 0 aliphatic rings. The molecule has 2 rings (SSSR count). The average Bonchev–Trinajstić information content (AvgIpc) is 2.89. The van der Waals surface area contributed by atoms with Gasteiger partial charge in [0.25, 0.3) is 0 Å². The Kier molecular flexibility index (Phi) is 4.66. The Bertz CT molecular complexity index is 511. The van der Waals surface area contributed by atoms with Crippen LogP contribution in [0, 0.1) is 0 Å². The summed E-state index contributed by atoms with van der Waals surface area (Å²) in [6, 6.07) is 14.7. The van der Waals surface area contributed by atoms with Crippen LogP contribution in [0.25, 0.3) is 5.57 Å². The molecule has 1 heterocycles. The number of nitrogens with zero attached hydrogens (tertiary/aromatic N) is 1. The lowest BCUT2D eigenvalue weighted by atomic mass is 10.0. The van der Waals surface area contributed by atoms with Crippen molar-refractivity contribution in [2.24, 2.45) is 0 Å². The number of hydrogen-bond donors (Lipinski definition) is 0. The van der Waals surface area contributed by atoms with Gasteiger partial charge in [-0.05, 0) is 31.0 Å². The number of halogens is 1. The van der Waals surface area contributed by atoms with E-state index in [-0.39, 0.29) is 0 Å². The Hall–Kier alpha value is -1.47. The van der Waals surface area contributed by atoms with E-state index in [2.05, 4.69) is 60.2 Å². The van der Waals surface area contributed by atoms with Crippen LogP contribution in [0.3, 0.4) is 0 Å². The van der Waals surface area contributed by atoms with Crippen LogP contribution in [0.2, 0.25) is 0 Å². The van der Waals surface area contributed by atoms with Crippen LogP contribution in [0.15, 0.2) is 54.7 Å². The molecule has 0 spiro atoms. The summed E-state index contributed by atoms with van der Waals surface area (Å²) < 4.78 is 2.26. The number of aromatic nitrogens is 1. The highest BCUT2D eigenvalue weighted by Crippen LogP contribution is 2.24. The lowest BCUT2D eigenvalue weighted by Crippen LogP contribution is -1.99. The van der Waals surface area contributed by atoms with Crippen LogP contribution >= 0.6 is 11.6 Å². The van der Waals surface area contributed by atoms with E-state index in [0.717, 1.165) is 13.0 Å². The van der Waals surface area contributed by atoms with Gasteiger partial charge in [-0.25, -0.2) is 0 Å². The van der Waals surface area contributed by atoms with E-state index in [9.17, 15) is 0 Å². The average molecular weight is 260 g/mol. The van der Waals surface area contributed by atoms with E-state index < -0.39 is 0 Å². The molecular formula is C16H18ClN. The molecule has 2 heteroatoms. The molecular weight excluding hydrogens is 242 g/mol. The summed E-state index contributed by atoms with van der Waals surface area (Å²) in [5.41, 5.74) is 3.77. The fraction of sp³-hybridized carbons (Fsp3) is 0.250. The highest BCUT2D eigenvalue weighted by Gasteiger charge is 2.07. The zero-order valence-electron chi connectivity index (χ0n) is 10.6. The van der Waals surface area contributed by atoms with Crippen LogP contribution in [0.5, 0.6) is 0 Å². The maximum absolute atomic E-state index is 5.82. The van der Waals surface area contributed by atoms with Crippen LogP contribution in [0.4, 0.5) is 0 Å². The third-order valence-corrected chi connectivity index (χ3v) is 3.21. The van der Waals surface area contributed by atoms with Gasteiger partial charge in [-0.1, -0.05) is 36.4 Å². The van der Waals surface area contributed by atoms with E-state index >= 15 is 0 Å². The second-order valence-electron chi connectivity index (χ2n) is 4.14. The minimum Gasteiger partial charge on any atom is -0.348 e. The molecule has 18 heavy (non-hydrogen) atoms. The molecule has 0 aliphatic carbocycles. The van der Waals surface area contributed by atoms with E-state index in [4.69, 9.17) is 11.6 Å². The minimum absolute atomic E-state index is 0.656. The van der Waals surface area contributed by atoms with Gasteiger partial charge in [-0.15, -0.1) is 11.6 Å². The topological polar surface area (TPSA) is 4.93 Å². The first-order valence-electron chi connectivity index (χ1n) is 6.34. The zero-order valence-corrected chi connectivity index (χ0v) is 11.4. The molecule has 0 amide bonds. The summed E-state index contributed by atoms with van der Waals surface area (Å²) in [5.74, 6) is 0.656. The predicted octanol–water partition coefficient (Wildman–Crippen LogP) is 4.57. The van der Waals surface area contributed by atoms with Crippen molar-refractivity contribution in [1.29, 1.82) is 0 Å². The Morgan fingerprint density at radius 3 is 2.61 bits per heavy atom. The second-order valence-corrected chi connectivity index (χ2v) is 4.52. The highest BCUT2D eigenvalue weighted by molar-refractivity contribution is 6.18. The molecule has 2 aromatic rings. The maximum Gasteiger partial charge on any atom is 0.0482 e. The molecule has 0 saturated carbocycles. The third-order valence-electron chi connectivity index (χ3n) is 2.99. The Morgan fingerprint density at radius 2 is 1.94 bits per heavy atom. The Labute approximate surface area is 114 Å². The fourth-order valence-electron chi connectivity index (χ4n) is 2.12. The van der Waals surface area contributed by atoms with Crippen molar-refractivity contribution < 1.29 is 0 Å². The second kappa shape index (κ2) is 6.46. The van der Waals surface area contributed by atoms with Gasteiger partial charge in [0.2, 0.25) is 0 Å². The monoisotopic (exact) mass is 259 g/mol. The highest BCUT2D eigenvalue weighted by atomic mass is 35.5. The van der Waals surface area contributed by atoms with Gasteiger partial charge in [0.1, 0.15) is 0 Å². The van der Waals surface area contributed by atoms with Gasteiger partial charge in [-0.2, -0.15) is 0 Å². The van der Waals surface area contributed by atoms with Crippen LogP contribution in [-0.2, 0) is 6.54 Å². The minimum atomic E-state index is 0.656. The summed E-state index contributed by atoms with van der Waals surface area (Å²) >= 11 is 5.82. The molecule has 0 fully saturated rings. The van der Waals surface area contributed by atoms with Crippen LogP contribution in [-0.4, -0.2) is 10.4 Å². The van der Waals surface area contributed by atoms with Gasteiger partial charge in [0, 0.05) is 29.9 Å². The molecule has 0 atom stereocenters. The fourth-order valence-corrected chi connectivity index (χ4v) is 2.23. The van der Waals surface area contributed by atoms with Gasteiger partial charge in [-0.3, -0.25) is 0 Å². The molecule has 0 N–H and O–H groups in total. The van der Waals surface area contributed by atoms with Crippen molar-refractivity contribution in [1.82, 2.24) is 4.57 Å². The maximum atomic E-state index is 5.82. The standard InChI is InChI=1S/C16H18ClN/c1-2-18-13-7-11-16(18)15(10-6-12-17)14-8-4-3-5-9-14/h3-5,7-11,13H,2,6,12H2,1H3. The van der Waals surface area contributed by atoms with Crippen molar-refractivity contribution >= 4 is 17.2 Å². The van der Waals surface area contributed by atoms with E-state index in [0.29, 0.717) is 5.88 Å².